The third-order valence-corrected chi connectivity index (χ3v) is 13.3. The Bertz CT molecular complexity index is 3190. The number of rotatable bonds is 6. The fraction of sp³-hybridized carbons (Fsp3) is 0.209. The Morgan fingerprint density at radius 3 is 2.24 bits per heavy atom. The Balaban J connectivity index is 1.20. The monoisotopic (exact) mass is 1060 g/mol. The molecule has 0 aromatic carbocycles. The van der Waals surface area contributed by atoms with E-state index in [1.165, 1.54) is 47.0 Å². The van der Waals surface area contributed by atoms with Crippen molar-refractivity contribution in [3.8, 4) is 22.0 Å². The molecule has 0 spiro atoms. The SMILES string of the molecule is C=C(NC(=O)c1ccc2c(n1)-c1coc(n1)C(=C)NC(=O)C(=C)NC(=O)c1csc(n1)C(C)NC(=O)c1csc(n1)CNC(=O)c1coc(n1)C(CSC)NC(=O)[C@H]([C@@H](C)O)NC(=O)c1csc-2n1)C(N)=O. The number of thiazole rings is 3. The molecule has 7 rings (SSSR count). The van der Waals surface area contributed by atoms with Crippen LogP contribution in [0.3, 0.4) is 0 Å². The van der Waals surface area contributed by atoms with Gasteiger partial charge in [0.2, 0.25) is 17.7 Å². The Kier molecular flexibility index (Phi) is 15.9. The predicted octanol–water partition coefficient (Wildman–Crippen LogP) is 1.95. The molecular weight excluding hydrogens is 1020 g/mol. The fourth-order valence-electron chi connectivity index (χ4n) is 6.20. The van der Waals surface area contributed by atoms with Gasteiger partial charge in [-0.1, -0.05) is 19.7 Å². The molecule has 0 radical (unpaired) electrons. The molecule has 4 atom stereocenters. The second-order valence-corrected chi connectivity index (χ2v) is 18.8. The molecule has 0 saturated heterocycles. The lowest BCUT2D eigenvalue weighted by Gasteiger charge is -2.23. The maximum atomic E-state index is 13.7. The van der Waals surface area contributed by atoms with Crippen molar-refractivity contribution in [3.63, 3.8) is 0 Å². The van der Waals surface area contributed by atoms with E-state index in [4.69, 9.17) is 14.6 Å². The average Bonchev–Trinajstić information content (AvgIpc) is 4.21. The van der Waals surface area contributed by atoms with Crippen molar-refractivity contribution in [2.24, 2.45) is 5.73 Å². The molecule has 7 heterocycles. The van der Waals surface area contributed by atoms with Crippen molar-refractivity contribution in [2.75, 3.05) is 12.0 Å². The average molecular weight is 1060 g/mol. The van der Waals surface area contributed by atoms with E-state index in [1.54, 1.807) is 13.2 Å². The van der Waals surface area contributed by atoms with E-state index in [9.17, 15) is 43.5 Å². The summed E-state index contributed by atoms with van der Waals surface area (Å²) in [5.41, 5.74) is 3.72. The standard InChI is InChI=1S/C43H40N14O11S4/c1-16(32(44)59)46-35(62)22-8-7-21-31(51-22)23-10-67-40(53-23)18(3)48-33(60)17(2)47-37(64)26-14-71-42(55-26)19(4)49-36(63)25-13-70-29(50-25)9-45-34(61)24-11-68-41(54-24)28(12-69-6)52-39(66)30(20(5)58)57-38(65)27-15-72-43(21)56-27/h7-8,10-11,13-15,19-20,28,30,58H,1-3,9,12H2,4-6H3,(H2,44,59)(H,45,61)(H,46,62)(H,47,64)(H,48,60)(H,49,63)(H,52,66)(H,57,65)/t19?,20-,28?,30+/m1/s1. The molecule has 0 aliphatic carbocycles. The molecule has 0 fully saturated rings. The number of aliphatic hydroxyl groups excluding tert-OH is 1. The summed E-state index contributed by atoms with van der Waals surface area (Å²) in [5.74, 6) is -6.60. The molecule has 6 aromatic rings. The number of amides is 8. The second-order valence-electron chi connectivity index (χ2n) is 15.2. The van der Waals surface area contributed by atoms with Gasteiger partial charge in [-0.15, -0.1) is 34.0 Å². The van der Waals surface area contributed by atoms with Gasteiger partial charge in [0.1, 0.15) is 73.8 Å². The zero-order valence-corrected chi connectivity index (χ0v) is 41.1. The number of aromatic nitrogens is 6. The number of hydrogen-bond donors (Lipinski definition) is 9. The first-order valence-electron chi connectivity index (χ1n) is 20.8. The number of nitrogens with two attached hydrogens (primary N) is 1. The Morgan fingerprint density at radius 2 is 1.50 bits per heavy atom. The molecular formula is C43H40N14O11S4. The van der Waals surface area contributed by atoms with E-state index in [0.717, 1.165) is 46.5 Å². The molecule has 1 aliphatic heterocycles. The van der Waals surface area contributed by atoms with Crippen LogP contribution >= 0.6 is 45.8 Å². The maximum absolute atomic E-state index is 13.7. The van der Waals surface area contributed by atoms with E-state index in [-0.39, 0.29) is 80.2 Å². The van der Waals surface area contributed by atoms with Crippen LogP contribution in [0, 0.1) is 0 Å². The molecule has 10 N–H and O–H groups in total. The van der Waals surface area contributed by atoms with Crippen LogP contribution in [0.5, 0.6) is 0 Å². The number of carbonyl (C=O) groups excluding carboxylic acids is 8. The highest BCUT2D eigenvalue weighted by molar-refractivity contribution is 7.98. The Morgan fingerprint density at radius 1 is 0.819 bits per heavy atom. The fourth-order valence-corrected chi connectivity index (χ4v) is 9.11. The summed E-state index contributed by atoms with van der Waals surface area (Å²) in [4.78, 5) is 131. The largest absolute Gasteiger partial charge is 0.446 e. The minimum Gasteiger partial charge on any atom is -0.446 e. The third-order valence-electron chi connectivity index (χ3n) is 9.88. The van der Waals surface area contributed by atoms with Gasteiger partial charge in [0, 0.05) is 27.5 Å². The van der Waals surface area contributed by atoms with Crippen LogP contribution in [0.25, 0.3) is 27.7 Å². The molecule has 25 nitrogen and oxygen atoms in total. The number of primary amides is 1. The van der Waals surface area contributed by atoms with Crippen LogP contribution in [-0.4, -0.2) is 106 Å². The van der Waals surface area contributed by atoms with E-state index < -0.39 is 82.9 Å². The third kappa shape index (κ3) is 12.0. The highest BCUT2D eigenvalue weighted by Crippen LogP contribution is 2.33. The van der Waals surface area contributed by atoms with Crippen LogP contribution in [-0.2, 0) is 20.9 Å². The molecule has 2 unspecified atom stereocenters. The van der Waals surface area contributed by atoms with E-state index in [2.05, 4.69) is 86.9 Å². The lowest BCUT2D eigenvalue weighted by Crippen LogP contribution is -2.53. The first-order valence-corrected chi connectivity index (χ1v) is 24.8. The zero-order chi connectivity index (χ0) is 52.0. The Hall–Kier alpha value is -8.25. The highest BCUT2D eigenvalue weighted by Gasteiger charge is 2.32. The van der Waals surface area contributed by atoms with Crippen molar-refractivity contribution in [1.29, 1.82) is 0 Å². The van der Waals surface area contributed by atoms with E-state index in [1.807, 2.05) is 0 Å². The van der Waals surface area contributed by atoms with Gasteiger partial charge in [-0.05, 0) is 32.2 Å². The van der Waals surface area contributed by atoms with Crippen LogP contribution in [0.1, 0.15) is 100 Å². The number of aliphatic hydroxyl groups is 1. The molecule has 6 aromatic heterocycles. The van der Waals surface area contributed by atoms with Gasteiger partial charge in [-0.3, -0.25) is 38.4 Å². The molecule has 29 heteroatoms. The number of nitrogens with one attached hydrogen (secondary N) is 7. The molecule has 8 amide bonds. The van der Waals surface area contributed by atoms with Crippen LogP contribution in [0.2, 0.25) is 0 Å². The molecule has 1 aliphatic rings. The quantitative estimate of drug-likeness (QED) is 0.108. The number of oxazole rings is 2. The zero-order valence-electron chi connectivity index (χ0n) is 37.8. The van der Waals surface area contributed by atoms with Gasteiger partial charge in [0.15, 0.2) is 5.69 Å². The second kappa shape index (κ2) is 22.2. The van der Waals surface area contributed by atoms with Gasteiger partial charge in [-0.2, -0.15) is 11.8 Å². The van der Waals surface area contributed by atoms with Gasteiger partial charge in [0.05, 0.1) is 35.8 Å². The summed E-state index contributed by atoms with van der Waals surface area (Å²) in [5, 5.41) is 33.5. The topological polar surface area (TPSA) is 371 Å². The molecule has 10 bridgehead atoms. The van der Waals surface area contributed by atoms with Crippen molar-refractivity contribution < 1.29 is 52.3 Å². The summed E-state index contributed by atoms with van der Waals surface area (Å²) in [7, 11) is 0. The molecule has 72 heavy (non-hydrogen) atoms. The van der Waals surface area contributed by atoms with E-state index >= 15 is 0 Å². The van der Waals surface area contributed by atoms with Crippen molar-refractivity contribution >= 4 is 98.7 Å². The van der Waals surface area contributed by atoms with Crippen molar-refractivity contribution in [3.05, 3.63) is 122 Å². The maximum Gasteiger partial charge on any atom is 0.275 e. The summed E-state index contributed by atoms with van der Waals surface area (Å²) in [6, 6.07) is -0.454. The number of thioether (sulfide) groups is 1. The number of carbonyl (C=O) groups is 8. The number of fused-ring (bicyclic) bond motifs is 13. The number of pyridine rings is 1. The van der Waals surface area contributed by atoms with Gasteiger partial charge >= 0.3 is 0 Å². The molecule has 372 valence electrons. The van der Waals surface area contributed by atoms with Crippen molar-refractivity contribution in [1.82, 2.24) is 67.1 Å². The summed E-state index contributed by atoms with van der Waals surface area (Å²) >= 11 is 4.45. The smallest absolute Gasteiger partial charge is 0.275 e. The number of nitrogens with zero attached hydrogens (tertiary/aromatic N) is 6. The first kappa shape index (κ1) is 51.6. The lowest BCUT2D eigenvalue weighted by atomic mass is 10.1. The summed E-state index contributed by atoms with van der Waals surface area (Å²) < 4.78 is 11.2. The minimum atomic E-state index is -1.54. The predicted molar refractivity (Wildman–Crippen MR) is 260 cm³/mol. The molecule has 0 saturated carbocycles. The van der Waals surface area contributed by atoms with Crippen LogP contribution in [0.15, 0.2) is 80.8 Å². The van der Waals surface area contributed by atoms with Gasteiger partial charge < -0.3 is 56.9 Å². The normalized spacial score (nSPS) is 17.9. The first-order chi connectivity index (χ1) is 34.3. The summed E-state index contributed by atoms with van der Waals surface area (Å²) in [6.07, 6.45) is 2.53. The van der Waals surface area contributed by atoms with Crippen LogP contribution in [0.4, 0.5) is 0 Å². The summed E-state index contributed by atoms with van der Waals surface area (Å²) in [6.45, 7) is 13.7. The van der Waals surface area contributed by atoms with Gasteiger partial charge in [-0.25, -0.2) is 29.9 Å². The number of hydrogen-bond acceptors (Lipinski definition) is 21. The Labute approximate surface area is 422 Å². The van der Waals surface area contributed by atoms with Crippen LogP contribution < -0.4 is 43.0 Å². The van der Waals surface area contributed by atoms with Gasteiger partial charge in [0.25, 0.3) is 41.4 Å². The highest BCUT2D eigenvalue weighted by atomic mass is 32.2. The minimum absolute atomic E-state index is 0.0367. The van der Waals surface area contributed by atoms with Crippen molar-refractivity contribution in [2.45, 2.75) is 44.6 Å². The lowest BCUT2D eigenvalue weighted by molar-refractivity contribution is -0.126. The van der Waals surface area contributed by atoms with E-state index in [0.29, 0.717) is 10.0 Å².